The van der Waals surface area contributed by atoms with Crippen molar-refractivity contribution in [1.29, 1.82) is 0 Å². The molecule has 1 aromatic carbocycles. The molecule has 0 saturated heterocycles. The van der Waals surface area contributed by atoms with Gasteiger partial charge in [-0.1, -0.05) is 19.1 Å². The molecule has 1 aromatic rings. The summed E-state index contributed by atoms with van der Waals surface area (Å²) < 4.78 is 23.4. The molecule has 15 heavy (non-hydrogen) atoms. The van der Waals surface area contributed by atoms with Gasteiger partial charge in [0.1, 0.15) is 0 Å². The second-order valence-electron chi connectivity index (χ2n) is 3.14. The number of hydrogen-bond donors (Lipinski definition) is 1. The molecule has 0 unspecified atom stereocenters. The van der Waals surface area contributed by atoms with E-state index >= 15 is 0 Å². The fraction of sp³-hybridized carbons (Fsp3) is 0.400. The third-order valence-corrected chi connectivity index (χ3v) is 4.44. The standard InChI is InChI=1S/C10H14BrNO2S/c1-2-15(13,14)8-7-12-10-6-4-3-5-9(10)11/h3-6,12H,2,7-8H2,1H3. The minimum atomic E-state index is -2.88. The van der Waals surface area contributed by atoms with Gasteiger partial charge in [0.2, 0.25) is 0 Å². The number of benzene rings is 1. The largest absolute Gasteiger partial charge is 0.383 e. The van der Waals surface area contributed by atoms with E-state index in [1.54, 1.807) is 6.92 Å². The van der Waals surface area contributed by atoms with Gasteiger partial charge in [0.15, 0.2) is 9.84 Å². The van der Waals surface area contributed by atoms with Gasteiger partial charge in [-0.05, 0) is 28.1 Å². The predicted octanol–water partition coefficient (Wildman–Crippen LogP) is 2.30. The van der Waals surface area contributed by atoms with Crippen LogP contribution in [-0.2, 0) is 9.84 Å². The van der Waals surface area contributed by atoms with Crippen LogP contribution in [0.25, 0.3) is 0 Å². The van der Waals surface area contributed by atoms with Gasteiger partial charge < -0.3 is 5.32 Å². The number of para-hydroxylation sites is 1. The molecule has 0 aromatic heterocycles. The molecule has 1 N–H and O–H groups in total. The Morgan fingerprint density at radius 2 is 2.00 bits per heavy atom. The number of sulfone groups is 1. The van der Waals surface area contributed by atoms with Gasteiger partial charge in [-0.2, -0.15) is 0 Å². The van der Waals surface area contributed by atoms with Crippen LogP contribution in [-0.4, -0.2) is 26.5 Å². The molecule has 84 valence electrons. The summed E-state index contributed by atoms with van der Waals surface area (Å²) in [5.41, 5.74) is 0.920. The molecule has 0 aliphatic heterocycles. The van der Waals surface area contributed by atoms with E-state index in [1.165, 1.54) is 0 Å². The monoisotopic (exact) mass is 291 g/mol. The topological polar surface area (TPSA) is 46.2 Å². The van der Waals surface area contributed by atoms with E-state index in [1.807, 2.05) is 24.3 Å². The van der Waals surface area contributed by atoms with Crippen LogP contribution in [0.2, 0.25) is 0 Å². The van der Waals surface area contributed by atoms with Crippen molar-refractivity contribution in [3.05, 3.63) is 28.7 Å². The smallest absolute Gasteiger partial charge is 0.151 e. The molecule has 0 radical (unpaired) electrons. The lowest BCUT2D eigenvalue weighted by atomic mass is 10.3. The van der Waals surface area contributed by atoms with Crippen molar-refractivity contribution < 1.29 is 8.42 Å². The van der Waals surface area contributed by atoms with Gasteiger partial charge in [-0.25, -0.2) is 8.42 Å². The third-order valence-electron chi connectivity index (χ3n) is 2.04. The number of hydrogen-bond acceptors (Lipinski definition) is 3. The van der Waals surface area contributed by atoms with E-state index in [4.69, 9.17) is 0 Å². The second kappa shape index (κ2) is 5.51. The summed E-state index contributed by atoms with van der Waals surface area (Å²) >= 11 is 3.38. The lowest BCUT2D eigenvalue weighted by Gasteiger charge is -2.07. The van der Waals surface area contributed by atoms with Crippen LogP contribution in [0.15, 0.2) is 28.7 Å². The quantitative estimate of drug-likeness (QED) is 0.905. The van der Waals surface area contributed by atoms with Gasteiger partial charge in [0.25, 0.3) is 0 Å². The summed E-state index contributed by atoms with van der Waals surface area (Å²) in [7, 11) is -2.88. The first-order valence-electron chi connectivity index (χ1n) is 4.74. The molecule has 0 bridgehead atoms. The maximum Gasteiger partial charge on any atom is 0.151 e. The van der Waals surface area contributed by atoms with Crippen molar-refractivity contribution in [1.82, 2.24) is 0 Å². The molecule has 0 heterocycles. The molecule has 0 spiro atoms. The Hall–Kier alpha value is -0.550. The minimum Gasteiger partial charge on any atom is -0.383 e. The Bertz CT molecular complexity index is 417. The molecule has 3 nitrogen and oxygen atoms in total. The number of nitrogens with one attached hydrogen (secondary N) is 1. The molecule has 0 saturated carbocycles. The Morgan fingerprint density at radius 3 is 2.60 bits per heavy atom. The average Bonchev–Trinajstić information content (AvgIpc) is 2.21. The van der Waals surface area contributed by atoms with Gasteiger partial charge in [-0.3, -0.25) is 0 Å². The minimum absolute atomic E-state index is 0.171. The SMILES string of the molecule is CCS(=O)(=O)CCNc1ccccc1Br. The summed E-state index contributed by atoms with van der Waals surface area (Å²) in [6.45, 7) is 2.10. The lowest BCUT2D eigenvalue weighted by molar-refractivity contribution is 0.597. The molecule has 0 aliphatic rings. The zero-order valence-electron chi connectivity index (χ0n) is 8.53. The van der Waals surface area contributed by atoms with Gasteiger partial charge in [0.05, 0.1) is 5.75 Å². The van der Waals surface area contributed by atoms with Crippen LogP contribution < -0.4 is 5.32 Å². The van der Waals surface area contributed by atoms with E-state index in [2.05, 4.69) is 21.2 Å². The fourth-order valence-electron chi connectivity index (χ4n) is 1.09. The summed E-state index contributed by atoms with van der Waals surface area (Å²) in [6.07, 6.45) is 0. The zero-order valence-corrected chi connectivity index (χ0v) is 10.9. The van der Waals surface area contributed by atoms with Crippen molar-refractivity contribution >= 4 is 31.5 Å². The fourth-order valence-corrected chi connectivity index (χ4v) is 2.22. The van der Waals surface area contributed by atoms with Crippen molar-refractivity contribution in [2.24, 2.45) is 0 Å². The predicted molar refractivity (Wildman–Crippen MR) is 67.0 cm³/mol. The summed E-state index contributed by atoms with van der Waals surface area (Å²) in [5, 5.41) is 3.08. The first-order chi connectivity index (χ1) is 7.05. The highest BCUT2D eigenvalue weighted by molar-refractivity contribution is 9.10. The van der Waals surface area contributed by atoms with E-state index in [9.17, 15) is 8.42 Å². The molecule has 0 atom stereocenters. The maximum atomic E-state index is 11.2. The molecular formula is C10H14BrNO2S. The van der Waals surface area contributed by atoms with Crippen LogP contribution in [0.1, 0.15) is 6.92 Å². The number of rotatable bonds is 5. The van der Waals surface area contributed by atoms with Gasteiger partial charge >= 0.3 is 0 Å². The second-order valence-corrected chi connectivity index (χ2v) is 6.47. The Kier molecular flexibility index (Phi) is 4.60. The lowest BCUT2D eigenvalue weighted by Crippen LogP contribution is -2.17. The zero-order chi connectivity index (χ0) is 11.3. The van der Waals surface area contributed by atoms with Crippen molar-refractivity contribution in [3.8, 4) is 0 Å². The molecule has 1 rings (SSSR count). The molecular weight excluding hydrogens is 278 g/mol. The maximum absolute atomic E-state index is 11.2. The van der Waals surface area contributed by atoms with Crippen LogP contribution in [0.4, 0.5) is 5.69 Å². The number of anilines is 1. The van der Waals surface area contributed by atoms with Crippen LogP contribution in [0, 0.1) is 0 Å². The third kappa shape index (κ3) is 4.22. The van der Waals surface area contributed by atoms with Crippen molar-refractivity contribution in [2.75, 3.05) is 23.4 Å². The Morgan fingerprint density at radius 1 is 1.33 bits per heavy atom. The van der Waals surface area contributed by atoms with Crippen LogP contribution >= 0.6 is 15.9 Å². The summed E-state index contributed by atoms with van der Waals surface area (Å²) in [6, 6.07) is 7.64. The normalized spacial score (nSPS) is 11.3. The summed E-state index contributed by atoms with van der Waals surface area (Å²) in [5.74, 6) is 0.371. The Balaban J connectivity index is 2.49. The van der Waals surface area contributed by atoms with Gasteiger partial charge in [-0.15, -0.1) is 0 Å². The Labute approximate surface area is 98.9 Å². The first kappa shape index (κ1) is 12.5. The average molecular weight is 292 g/mol. The summed E-state index contributed by atoms with van der Waals surface area (Å²) in [4.78, 5) is 0. The van der Waals surface area contributed by atoms with Crippen LogP contribution in [0.3, 0.4) is 0 Å². The highest BCUT2D eigenvalue weighted by Gasteiger charge is 2.06. The number of halogens is 1. The van der Waals surface area contributed by atoms with E-state index in [0.717, 1.165) is 10.2 Å². The van der Waals surface area contributed by atoms with E-state index in [0.29, 0.717) is 6.54 Å². The molecule has 0 aliphatic carbocycles. The molecule has 5 heteroatoms. The van der Waals surface area contributed by atoms with E-state index < -0.39 is 9.84 Å². The van der Waals surface area contributed by atoms with E-state index in [-0.39, 0.29) is 11.5 Å². The first-order valence-corrected chi connectivity index (χ1v) is 7.35. The van der Waals surface area contributed by atoms with Crippen molar-refractivity contribution in [2.45, 2.75) is 6.92 Å². The van der Waals surface area contributed by atoms with Crippen molar-refractivity contribution in [3.63, 3.8) is 0 Å². The molecule has 0 amide bonds. The molecule has 0 fully saturated rings. The highest BCUT2D eigenvalue weighted by atomic mass is 79.9. The van der Waals surface area contributed by atoms with Crippen LogP contribution in [0.5, 0.6) is 0 Å². The highest BCUT2D eigenvalue weighted by Crippen LogP contribution is 2.20. The van der Waals surface area contributed by atoms with Gasteiger partial charge in [0, 0.05) is 22.5 Å².